The lowest BCUT2D eigenvalue weighted by Crippen LogP contribution is -2.52. The Morgan fingerprint density at radius 2 is 1.91 bits per heavy atom. The first-order valence-electron chi connectivity index (χ1n) is 10.2. The lowest BCUT2D eigenvalue weighted by atomic mass is 9.66. The van der Waals surface area contributed by atoms with Gasteiger partial charge in [-0.05, 0) is 55.7 Å². The third kappa shape index (κ3) is 3.13. The highest BCUT2D eigenvalue weighted by Gasteiger charge is 2.49. The number of carbonyl (C=O) groups is 1. The fraction of sp³-hybridized carbons (Fsp3) is 0.318. The number of hydrogen-bond donors (Lipinski definition) is 0. The van der Waals surface area contributed by atoms with E-state index in [1.807, 2.05) is 6.08 Å². The van der Waals surface area contributed by atoms with Crippen molar-refractivity contribution in [3.8, 4) is 5.69 Å². The van der Waals surface area contributed by atoms with E-state index in [1.165, 1.54) is 40.4 Å². The number of ketones is 1. The lowest BCUT2D eigenvalue weighted by Gasteiger charge is -2.44. The van der Waals surface area contributed by atoms with Crippen LogP contribution in [0.25, 0.3) is 11.8 Å². The molecule has 10 heteroatoms. The summed E-state index contributed by atoms with van der Waals surface area (Å²) in [6.07, 6.45) is 7.24. The third-order valence-corrected chi connectivity index (χ3v) is 8.24. The van der Waals surface area contributed by atoms with Crippen LogP contribution < -0.4 is 0 Å². The number of sulfonamides is 1. The van der Waals surface area contributed by atoms with E-state index >= 15 is 0 Å². The molecule has 0 saturated carbocycles. The van der Waals surface area contributed by atoms with Crippen LogP contribution in [0, 0.1) is 11.2 Å². The molecule has 1 atom stereocenters. The van der Waals surface area contributed by atoms with Crippen LogP contribution >= 0.6 is 0 Å². The van der Waals surface area contributed by atoms with Crippen molar-refractivity contribution in [2.75, 3.05) is 13.1 Å². The van der Waals surface area contributed by atoms with E-state index in [0.717, 1.165) is 22.5 Å². The highest BCUT2D eigenvalue weighted by atomic mass is 32.2. The molecule has 5 rings (SSSR count). The molecule has 3 aromatic rings. The zero-order valence-electron chi connectivity index (χ0n) is 17.7. The van der Waals surface area contributed by atoms with Gasteiger partial charge in [0.15, 0.2) is 0 Å². The Labute approximate surface area is 185 Å². The van der Waals surface area contributed by atoms with Crippen LogP contribution in [0.5, 0.6) is 0 Å². The van der Waals surface area contributed by atoms with Crippen molar-refractivity contribution in [1.29, 1.82) is 0 Å². The van der Waals surface area contributed by atoms with Gasteiger partial charge >= 0.3 is 0 Å². The van der Waals surface area contributed by atoms with E-state index in [-0.39, 0.29) is 29.6 Å². The van der Waals surface area contributed by atoms with E-state index in [9.17, 15) is 17.6 Å². The summed E-state index contributed by atoms with van der Waals surface area (Å²) in [6.45, 7) is 1.87. The number of fused-ring (bicyclic) bond motifs is 2. The maximum Gasteiger partial charge on any atom is 0.246 e. The normalized spacial score (nSPS) is 21.0. The number of hydrogen-bond acceptors (Lipinski definition) is 5. The van der Waals surface area contributed by atoms with Crippen molar-refractivity contribution < 1.29 is 17.6 Å². The topological polar surface area (TPSA) is 90.1 Å². The van der Waals surface area contributed by atoms with Crippen molar-refractivity contribution >= 4 is 21.9 Å². The van der Waals surface area contributed by atoms with Crippen LogP contribution in [0.3, 0.4) is 0 Å². The third-order valence-electron chi connectivity index (χ3n) is 6.44. The fourth-order valence-electron chi connectivity index (χ4n) is 4.65. The van der Waals surface area contributed by atoms with Gasteiger partial charge in [-0.2, -0.15) is 14.5 Å². The zero-order chi connectivity index (χ0) is 22.7. The predicted molar refractivity (Wildman–Crippen MR) is 115 cm³/mol. The zero-order valence-corrected chi connectivity index (χ0v) is 18.5. The van der Waals surface area contributed by atoms with Crippen LogP contribution in [0.2, 0.25) is 0 Å². The molecule has 0 amide bonds. The number of benzene rings is 1. The summed E-state index contributed by atoms with van der Waals surface area (Å²) in [5, 5.41) is 8.44. The molecule has 1 saturated heterocycles. The second kappa shape index (κ2) is 7.21. The van der Waals surface area contributed by atoms with Crippen molar-refractivity contribution in [1.82, 2.24) is 23.9 Å². The predicted octanol–water partition coefficient (Wildman–Crippen LogP) is 2.35. The summed E-state index contributed by atoms with van der Waals surface area (Å²) in [5.74, 6) is -0.402. The van der Waals surface area contributed by atoms with Crippen LogP contribution in [-0.2, 0) is 28.3 Å². The van der Waals surface area contributed by atoms with Crippen LogP contribution in [-0.4, -0.2) is 51.2 Å². The standard InChI is InChI=1S/C22H22FN5O3S/c1-15(29)22-10-16-11-25-28(19-5-3-18(23)4-6-19)21(16)9-17(22)7-8-27(14-22)32(30,31)20-12-24-26(2)13-20/h3-6,9,11-13H,7-8,10,14H2,1-2H3/t22-/m1/s1. The SMILES string of the molecule is CC(=O)[C@]12Cc3cnn(-c4ccc(F)cc4)c3C=C1CCN(S(=O)(=O)c1cnn(C)c1)C2. The molecule has 1 fully saturated rings. The number of rotatable bonds is 4. The summed E-state index contributed by atoms with van der Waals surface area (Å²) in [7, 11) is -2.11. The van der Waals surface area contributed by atoms with Gasteiger partial charge in [-0.1, -0.05) is 5.57 Å². The Hall–Kier alpha value is -3.11. The van der Waals surface area contributed by atoms with E-state index < -0.39 is 15.4 Å². The van der Waals surface area contributed by atoms with Crippen molar-refractivity contribution in [3.05, 3.63) is 65.5 Å². The second-order valence-corrected chi connectivity index (χ2v) is 10.3. The van der Waals surface area contributed by atoms with Gasteiger partial charge in [0.05, 0.1) is 29.2 Å². The summed E-state index contributed by atoms with van der Waals surface area (Å²) in [5.41, 5.74) is 2.38. The molecule has 32 heavy (non-hydrogen) atoms. The maximum absolute atomic E-state index is 13.3. The molecule has 0 spiro atoms. The van der Waals surface area contributed by atoms with Gasteiger partial charge < -0.3 is 0 Å². The average molecular weight is 456 g/mol. The van der Waals surface area contributed by atoms with Gasteiger partial charge in [0.2, 0.25) is 10.0 Å². The van der Waals surface area contributed by atoms with Crippen molar-refractivity contribution in [2.45, 2.75) is 24.7 Å². The Bertz CT molecular complexity index is 1360. The minimum absolute atomic E-state index is 0.0741. The van der Waals surface area contributed by atoms with E-state index in [0.29, 0.717) is 12.8 Å². The van der Waals surface area contributed by atoms with Gasteiger partial charge in [-0.25, -0.2) is 17.5 Å². The summed E-state index contributed by atoms with van der Waals surface area (Å²) < 4.78 is 44.3. The van der Waals surface area contributed by atoms with Gasteiger partial charge in [0, 0.05) is 26.3 Å². The number of nitrogens with zero attached hydrogens (tertiary/aromatic N) is 5. The molecule has 0 radical (unpaired) electrons. The van der Waals surface area contributed by atoms with Gasteiger partial charge in [0.25, 0.3) is 0 Å². The number of Topliss-reactive ketones (excluding diaryl/α,β-unsaturated/α-hetero) is 1. The molecule has 0 N–H and O–H groups in total. The Morgan fingerprint density at radius 3 is 2.56 bits per heavy atom. The molecule has 166 valence electrons. The lowest BCUT2D eigenvalue weighted by molar-refractivity contribution is -0.125. The largest absolute Gasteiger partial charge is 0.299 e. The fourth-order valence-corrected chi connectivity index (χ4v) is 6.14. The van der Waals surface area contributed by atoms with E-state index in [4.69, 9.17) is 0 Å². The van der Waals surface area contributed by atoms with Gasteiger partial charge in [0.1, 0.15) is 16.5 Å². The summed E-state index contributed by atoms with van der Waals surface area (Å²) >= 11 is 0. The van der Waals surface area contributed by atoms with Crippen LogP contribution in [0.15, 0.2) is 53.3 Å². The number of aryl methyl sites for hydroxylation is 1. The first kappa shape index (κ1) is 20.8. The molecule has 2 aromatic heterocycles. The number of carbonyl (C=O) groups excluding carboxylic acids is 1. The Kier molecular flexibility index (Phi) is 4.68. The average Bonchev–Trinajstić information content (AvgIpc) is 3.38. The first-order valence-corrected chi connectivity index (χ1v) is 11.7. The molecular weight excluding hydrogens is 433 g/mol. The van der Waals surface area contributed by atoms with Crippen molar-refractivity contribution in [3.63, 3.8) is 0 Å². The first-order chi connectivity index (χ1) is 15.2. The molecule has 2 aliphatic rings. The van der Waals surface area contributed by atoms with Crippen LogP contribution in [0.1, 0.15) is 24.6 Å². The molecular formula is C22H22FN5O3S. The number of aromatic nitrogens is 4. The maximum atomic E-state index is 13.3. The smallest absolute Gasteiger partial charge is 0.246 e. The number of halogens is 1. The molecule has 1 aliphatic carbocycles. The van der Waals surface area contributed by atoms with E-state index in [2.05, 4.69) is 10.2 Å². The Balaban J connectivity index is 1.54. The van der Waals surface area contributed by atoms with Crippen molar-refractivity contribution in [2.24, 2.45) is 12.5 Å². The molecule has 1 aromatic carbocycles. The monoisotopic (exact) mass is 455 g/mol. The molecule has 0 bridgehead atoms. The second-order valence-electron chi connectivity index (χ2n) is 8.37. The summed E-state index contributed by atoms with van der Waals surface area (Å²) in [6, 6.07) is 6.05. The molecule has 8 nitrogen and oxygen atoms in total. The van der Waals surface area contributed by atoms with Gasteiger partial charge in [-0.3, -0.25) is 9.48 Å². The number of piperidine rings is 1. The summed E-state index contributed by atoms with van der Waals surface area (Å²) in [4.78, 5) is 13.1. The van der Waals surface area contributed by atoms with E-state index in [1.54, 1.807) is 30.1 Å². The Morgan fingerprint density at radius 1 is 1.16 bits per heavy atom. The highest BCUT2D eigenvalue weighted by molar-refractivity contribution is 7.89. The minimum atomic E-state index is -3.77. The van der Waals surface area contributed by atoms with Crippen LogP contribution in [0.4, 0.5) is 4.39 Å². The highest BCUT2D eigenvalue weighted by Crippen LogP contribution is 2.45. The molecule has 1 aliphatic heterocycles. The molecule has 3 heterocycles. The van der Waals surface area contributed by atoms with Gasteiger partial charge in [-0.15, -0.1) is 0 Å². The molecule has 0 unspecified atom stereocenters. The minimum Gasteiger partial charge on any atom is -0.299 e. The quantitative estimate of drug-likeness (QED) is 0.603.